The molecule has 3 rings (SSSR count). The fraction of sp³-hybridized carbons (Fsp3) is 0.176. The van der Waals surface area contributed by atoms with Crippen LogP contribution in [0.1, 0.15) is 16.7 Å². The second-order valence-corrected chi connectivity index (χ2v) is 7.46. The van der Waals surface area contributed by atoms with Crippen LogP contribution < -0.4 is 15.7 Å². The summed E-state index contributed by atoms with van der Waals surface area (Å²) in [4.78, 5) is 0.112. The van der Waals surface area contributed by atoms with Crippen molar-refractivity contribution in [2.75, 3.05) is 13.2 Å². The van der Waals surface area contributed by atoms with E-state index in [1.807, 2.05) is 12.1 Å². The highest BCUT2D eigenvalue weighted by Crippen LogP contribution is 2.13. The average Bonchev–Trinajstić information content (AvgIpc) is 3.15. The van der Waals surface area contributed by atoms with E-state index in [-0.39, 0.29) is 18.0 Å². The molecule has 9 nitrogen and oxygen atoms in total. The summed E-state index contributed by atoms with van der Waals surface area (Å²) in [5, 5.41) is 23.6. The number of hydrogen-bond donors (Lipinski definition) is 4. The summed E-state index contributed by atoms with van der Waals surface area (Å²) in [7, 11) is -3.64. The molecule has 0 aromatic heterocycles. The van der Waals surface area contributed by atoms with Crippen LogP contribution in [0.15, 0.2) is 58.5 Å². The van der Waals surface area contributed by atoms with Gasteiger partial charge < -0.3 is 5.11 Å². The molecule has 0 spiro atoms. The smallest absolute Gasteiger partial charge is 0.240 e. The molecular weight excluding hydrogens is 368 g/mol. The van der Waals surface area contributed by atoms with Gasteiger partial charge >= 0.3 is 0 Å². The monoisotopic (exact) mass is 386 g/mol. The summed E-state index contributed by atoms with van der Waals surface area (Å²) in [6, 6.07) is 15.5. The van der Waals surface area contributed by atoms with Gasteiger partial charge in [0.25, 0.3) is 0 Å². The molecule has 1 aliphatic rings. The van der Waals surface area contributed by atoms with E-state index < -0.39 is 10.0 Å². The minimum Gasteiger partial charge on any atom is -0.395 e. The summed E-state index contributed by atoms with van der Waals surface area (Å²) in [5.74, 6) is 0.552. The van der Waals surface area contributed by atoms with Crippen molar-refractivity contribution in [3.63, 3.8) is 0 Å². The zero-order valence-electron chi connectivity index (χ0n) is 14.3. The van der Waals surface area contributed by atoms with Crippen LogP contribution in [-0.4, -0.2) is 37.6 Å². The van der Waals surface area contributed by atoms with E-state index in [1.165, 1.54) is 12.1 Å². The van der Waals surface area contributed by atoms with Crippen LogP contribution >= 0.6 is 0 Å². The average molecular weight is 386 g/mol. The molecule has 4 N–H and O–H groups in total. The maximum atomic E-state index is 12.0. The third-order valence-electron chi connectivity index (χ3n) is 3.78. The van der Waals surface area contributed by atoms with Crippen LogP contribution in [0.4, 0.5) is 0 Å². The standard InChI is InChI=1S/C17H18N6O3S/c18-11-13-1-3-14(4-2-13)12-23-21-17(20-22-23)15-5-7-16(8-6-15)27(25,26)19-9-10-24/h1-8,19,22,24H,9-10,12H2,(H,20,21). The number of aliphatic hydroxyl groups is 1. The molecule has 10 heteroatoms. The summed E-state index contributed by atoms with van der Waals surface area (Å²) in [6.07, 6.45) is 0. The Labute approximate surface area is 156 Å². The lowest BCUT2D eigenvalue weighted by Crippen LogP contribution is -2.38. The Morgan fingerprint density at radius 2 is 1.85 bits per heavy atom. The van der Waals surface area contributed by atoms with Gasteiger partial charge in [-0.15, -0.1) is 10.6 Å². The van der Waals surface area contributed by atoms with E-state index >= 15 is 0 Å². The topological polar surface area (TPSA) is 130 Å². The highest BCUT2D eigenvalue weighted by Gasteiger charge is 2.17. The third-order valence-corrected chi connectivity index (χ3v) is 5.26. The molecule has 1 heterocycles. The quantitative estimate of drug-likeness (QED) is 0.528. The van der Waals surface area contributed by atoms with E-state index in [9.17, 15) is 8.42 Å². The molecule has 2 aromatic carbocycles. The second kappa shape index (κ2) is 8.15. The molecule has 2 aromatic rings. The van der Waals surface area contributed by atoms with Crippen LogP contribution in [0.25, 0.3) is 0 Å². The van der Waals surface area contributed by atoms with Crippen molar-refractivity contribution in [1.29, 1.82) is 5.26 Å². The summed E-state index contributed by atoms with van der Waals surface area (Å²) < 4.78 is 26.3. The number of benzene rings is 2. The number of nitrogens with zero attached hydrogens (tertiary/aromatic N) is 3. The molecule has 140 valence electrons. The van der Waals surface area contributed by atoms with Crippen molar-refractivity contribution >= 4 is 15.9 Å². The number of nitrogens with one attached hydrogen (secondary N) is 3. The first-order chi connectivity index (χ1) is 13.0. The van der Waals surface area contributed by atoms with Gasteiger partial charge in [0.1, 0.15) is 0 Å². The number of sulfonamides is 1. The molecule has 0 saturated carbocycles. The first-order valence-corrected chi connectivity index (χ1v) is 9.58. The number of hydrazone groups is 1. The number of hydrazine groups is 2. The maximum absolute atomic E-state index is 12.0. The number of nitriles is 1. The van der Waals surface area contributed by atoms with Crippen molar-refractivity contribution in [1.82, 2.24) is 20.8 Å². The van der Waals surface area contributed by atoms with Gasteiger partial charge in [-0.3, -0.25) is 5.43 Å². The normalized spacial score (nSPS) is 13.8. The summed E-state index contributed by atoms with van der Waals surface area (Å²) in [6.45, 7) is 0.186. The fourth-order valence-electron chi connectivity index (χ4n) is 2.41. The van der Waals surface area contributed by atoms with E-state index in [4.69, 9.17) is 10.4 Å². The lowest BCUT2D eigenvalue weighted by Gasteiger charge is -2.12. The highest BCUT2D eigenvalue weighted by atomic mass is 32.2. The van der Waals surface area contributed by atoms with Gasteiger partial charge in [0.05, 0.1) is 29.7 Å². The molecule has 0 aliphatic carbocycles. The zero-order chi connectivity index (χ0) is 19.3. The van der Waals surface area contributed by atoms with Crippen molar-refractivity contribution in [2.45, 2.75) is 11.4 Å². The number of aliphatic hydroxyl groups excluding tert-OH is 1. The molecule has 0 amide bonds. The Kier molecular flexibility index (Phi) is 5.68. The highest BCUT2D eigenvalue weighted by molar-refractivity contribution is 7.89. The third kappa shape index (κ3) is 4.60. The number of rotatable bonds is 7. The Bertz CT molecular complexity index is 965. The van der Waals surface area contributed by atoms with Gasteiger partial charge in [0.15, 0.2) is 5.84 Å². The predicted octanol–water partition coefficient (Wildman–Crippen LogP) is 0.0155. The molecule has 0 unspecified atom stereocenters. The molecule has 0 fully saturated rings. The zero-order valence-corrected chi connectivity index (χ0v) is 15.1. The maximum Gasteiger partial charge on any atom is 0.240 e. The first kappa shape index (κ1) is 18.8. The Balaban J connectivity index is 1.68. The van der Waals surface area contributed by atoms with Crippen molar-refractivity contribution in [3.8, 4) is 6.07 Å². The lowest BCUT2D eigenvalue weighted by molar-refractivity contribution is 0.197. The van der Waals surface area contributed by atoms with Gasteiger partial charge in [0.2, 0.25) is 10.0 Å². The summed E-state index contributed by atoms with van der Waals surface area (Å²) >= 11 is 0. The molecule has 0 saturated heterocycles. The van der Waals surface area contributed by atoms with Crippen LogP contribution in [0.3, 0.4) is 0 Å². The number of amidine groups is 1. The predicted molar refractivity (Wildman–Crippen MR) is 98.2 cm³/mol. The first-order valence-electron chi connectivity index (χ1n) is 8.09. The van der Waals surface area contributed by atoms with Crippen LogP contribution in [0.5, 0.6) is 0 Å². The largest absolute Gasteiger partial charge is 0.395 e. The van der Waals surface area contributed by atoms with E-state index in [2.05, 4.69) is 26.9 Å². The Hall–Kier alpha value is -2.97. The molecule has 1 aliphatic heterocycles. The SMILES string of the molecule is N#Cc1ccc(CN2N=C(c3ccc(S(=O)(=O)NCCO)cc3)NN2)cc1. The minimum absolute atomic E-state index is 0.0351. The van der Waals surface area contributed by atoms with Crippen molar-refractivity contribution in [3.05, 3.63) is 65.2 Å². The van der Waals surface area contributed by atoms with Crippen molar-refractivity contribution in [2.24, 2.45) is 5.10 Å². The van der Waals surface area contributed by atoms with Crippen LogP contribution in [0.2, 0.25) is 0 Å². The second-order valence-electron chi connectivity index (χ2n) is 5.70. The molecule has 0 radical (unpaired) electrons. The van der Waals surface area contributed by atoms with Crippen LogP contribution in [0, 0.1) is 11.3 Å². The van der Waals surface area contributed by atoms with Crippen LogP contribution in [-0.2, 0) is 16.6 Å². The van der Waals surface area contributed by atoms with Gasteiger partial charge in [0, 0.05) is 12.1 Å². The van der Waals surface area contributed by atoms with Crippen molar-refractivity contribution < 1.29 is 13.5 Å². The van der Waals surface area contributed by atoms with Gasteiger partial charge in [-0.25, -0.2) is 18.3 Å². The fourth-order valence-corrected chi connectivity index (χ4v) is 3.43. The Morgan fingerprint density at radius 3 is 2.48 bits per heavy atom. The number of hydrogen-bond acceptors (Lipinski definition) is 8. The van der Waals surface area contributed by atoms with E-state index in [0.29, 0.717) is 23.5 Å². The van der Waals surface area contributed by atoms with E-state index in [0.717, 1.165) is 5.56 Å². The molecule has 0 bridgehead atoms. The minimum atomic E-state index is -3.64. The Morgan fingerprint density at radius 1 is 1.15 bits per heavy atom. The lowest BCUT2D eigenvalue weighted by atomic mass is 10.1. The van der Waals surface area contributed by atoms with Gasteiger partial charge in [-0.2, -0.15) is 5.26 Å². The molecular formula is C17H18N6O3S. The molecule has 0 atom stereocenters. The summed E-state index contributed by atoms with van der Waals surface area (Å²) in [5.41, 5.74) is 8.13. The van der Waals surface area contributed by atoms with Gasteiger partial charge in [-0.05, 0) is 42.0 Å². The van der Waals surface area contributed by atoms with Gasteiger partial charge in [-0.1, -0.05) is 12.1 Å². The van der Waals surface area contributed by atoms with E-state index in [1.54, 1.807) is 29.4 Å². The molecule has 27 heavy (non-hydrogen) atoms.